The minimum Gasteiger partial charge on any atom is -0.487 e. The normalized spacial score (nSPS) is 22.9. The van der Waals surface area contributed by atoms with Gasteiger partial charge in [0.15, 0.2) is 0 Å². The van der Waals surface area contributed by atoms with Gasteiger partial charge in [-0.1, -0.05) is 31.4 Å². The molecule has 3 rings (SSSR count). The van der Waals surface area contributed by atoms with Crippen molar-refractivity contribution in [2.75, 3.05) is 6.54 Å². The molecule has 2 aliphatic rings. The molecule has 2 N–H and O–H groups in total. The smallest absolute Gasteiger partial charge is 0.325 e. The van der Waals surface area contributed by atoms with Gasteiger partial charge in [0.2, 0.25) is 0 Å². The summed E-state index contributed by atoms with van der Waals surface area (Å²) in [5.74, 6) is 1.67. The summed E-state index contributed by atoms with van der Waals surface area (Å²) in [7, 11) is 0. The zero-order valence-electron chi connectivity index (χ0n) is 17.1. The van der Waals surface area contributed by atoms with Crippen molar-refractivity contribution in [3.8, 4) is 11.5 Å². The van der Waals surface area contributed by atoms with Crippen LogP contribution in [-0.2, 0) is 11.2 Å². The molecule has 0 saturated carbocycles. The van der Waals surface area contributed by atoms with Crippen molar-refractivity contribution in [2.45, 2.75) is 77.7 Å². The Labute approximate surface area is 163 Å². The lowest BCUT2D eigenvalue weighted by molar-refractivity contribution is -0.132. The van der Waals surface area contributed by atoms with Crippen molar-refractivity contribution in [1.29, 1.82) is 0 Å². The Bertz CT molecular complexity index is 735. The van der Waals surface area contributed by atoms with E-state index in [0.717, 1.165) is 42.6 Å². The third-order valence-corrected chi connectivity index (χ3v) is 5.97. The number of allylic oxidation sites excluding steroid dienone is 2. The van der Waals surface area contributed by atoms with Gasteiger partial charge in [-0.15, -0.1) is 0 Å². The van der Waals surface area contributed by atoms with Gasteiger partial charge in [0.25, 0.3) is 0 Å². The standard InChI is InChI=1S/C23H33NO3/c1-5-6-7-8-16-12-19(26-21(25)14-24)22-17-11-15(2)9-10-18(17)23(3,4)27-20(22)13-16/h11-13,17-18H,5-10,14,24H2,1-4H3. The lowest BCUT2D eigenvalue weighted by Crippen LogP contribution is -2.45. The number of rotatable bonds is 6. The van der Waals surface area contributed by atoms with E-state index in [1.165, 1.54) is 18.4 Å². The summed E-state index contributed by atoms with van der Waals surface area (Å²) in [6.45, 7) is 8.62. The first-order valence-corrected chi connectivity index (χ1v) is 10.3. The molecule has 2 atom stereocenters. The number of esters is 1. The molecule has 0 amide bonds. The molecule has 1 heterocycles. The van der Waals surface area contributed by atoms with Gasteiger partial charge in [-0.05, 0) is 64.2 Å². The number of nitrogens with two attached hydrogens (primary N) is 1. The predicted octanol–water partition coefficient (Wildman–Crippen LogP) is 4.89. The van der Waals surface area contributed by atoms with Gasteiger partial charge in [-0.2, -0.15) is 0 Å². The Kier molecular flexibility index (Phi) is 5.95. The number of fused-ring (bicyclic) bond motifs is 3. The van der Waals surface area contributed by atoms with Gasteiger partial charge in [-0.25, -0.2) is 0 Å². The molecule has 0 saturated heterocycles. The minimum atomic E-state index is -0.402. The largest absolute Gasteiger partial charge is 0.487 e. The van der Waals surface area contributed by atoms with Crippen molar-refractivity contribution < 1.29 is 14.3 Å². The maximum Gasteiger partial charge on any atom is 0.325 e. The Morgan fingerprint density at radius 1 is 1.33 bits per heavy atom. The van der Waals surface area contributed by atoms with Crippen LogP contribution in [-0.4, -0.2) is 18.1 Å². The third kappa shape index (κ3) is 4.21. The lowest BCUT2D eigenvalue weighted by atomic mass is 9.68. The first kappa shape index (κ1) is 19.9. The first-order valence-electron chi connectivity index (χ1n) is 10.3. The van der Waals surface area contributed by atoms with E-state index in [2.05, 4.69) is 39.8 Å². The molecule has 2 unspecified atom stereocenters. The summed E-state index contributed by atoms with van der Waals surface area (Å²) >= 11 is 0. The number of unbranched alkanes of at least 4 members (excludes halogenated alkanes) is 2. The first-order chi connectivity index (χ1) is 12.9. The van der Waals surface area contributed by atoms with Crippen LogP contribution in [0.15, 0.2) is 23.8 Å². The number of ether oxygens (including phenoxy) is 2. The number of hydrogen-bond donors (Lipinski definition) is 1. The van der Waals surface area contributed by atoms with Crippen LogP contribution in [0.1, 0.15) is 76.8 Å². The molecule has 0 spiro atoms. The van der Waals surface area contributed by atoms with Gasteiger partial charge in [0.05, 0.1) is 6.54 Å². The Morgan fingerprint density at radius 3 is 2.81 bits per heavy atom. The average Bonchev–Trinajstić information content (AvgIpc) is 2.60. The summed E-state index contributed by atoms with van der Waals surface area (Å²) in [4.78, 5) is 12.0. The highest BCUT2D eigenvalue weighted by molar-refractivity contribution is 5.75. The van der Waals surface area contributed by atoms with Crippen molar-refractivity contribution in [2.24, 2.45) is 11.7 Å². The molecule has 4 nitrogen and oxygen atoms in total. The Morgan fingerprint density at radius 2 is 2.11 bits per heavy atom. The van der Waals surface area contributed by atoms with Crippen LogP contribution >= 0.6 is 0 Å². The highest BCUT2D eigenvalue weighted by Crippen LogP contribution is 2.53. The number of benzene rings is 1. The van der Waals surface area contributed by atoms with Gasteiger partial charge in [-0.3, -0.25) is 4.79 Å². The van der Waals surface area contributed by atoms with E-state index < -0.39 is 5.97 Å². The SMILES string of the molecule is CCCCCc1cc(OC(=O)CN)c2c(c1)OC(C)(C)C1CCC(C)=CC21. The highest BCUT2D eigenvalue weighted by Gasteiger charge is 2.45. The quantitative estimate of drug-likeness (QED) is 0.334. The number of carbonyl (C=O) groups excluding carboxylic acids is 1. The second kappa shape index (κ2) is 8.05. The van der Waals surface area contributed by atoms with E-state index >= 15 is 0 Å². The topological polar surface area (TPSA) is 61.5 Å². The molecule has 0 bridgehead atoms. The molecule has 1 aromatic rings. The molecule has 1 aliphatic carbocycles. The van der Waals surface area contributed by atoms with E-state index in [4.69, 9.17) is 15.2 Å². The van der Waals surface area contributed by atoms with Crippen LogP contribution in [0.3, 0.4) is 0 Å². The third-order valence-electron chi connectivity index (χ3n) is 5.97. The van der Waals surface area contributed by atoms with E-state index in [-0.39, 0.29) is 18.1 Å². The van der Waals surface area contributed by atoms with Gasteiger partial charge >= 0.3 is 5.97 Å². The maximum atomic E-state index is 12.0. The van der Waals surface area contributed by atoms with Crippen LogP contribution in [0.2, 0.25) is 0 Å². The van der Waals surface area contributed by atoms with Crippen LogP contribution in [0.5, 0.6) is 11.5 Å². The zero-order valence-corrected chi connectivity index (χ0v) is 17.1. The van der Waals surface area contributed by atoms with E-state index in [1.54, 1.807) is 0 Å². The van der Waals surface area contributed by atoms with Crippen molar-refractivity contribution in [3.63, 3.8) is 0 Å². The molecule has 0 aromatic heterocycles. The molecular weight excluding hydrogens is 338 g/mol. The van der Waals surface area contributed by atoms with E-state index in [9.17, 15) is 4.79 Å². The van der Waals surface area contributed by atoms with Gasteiger partial charge in [0.1, 0.15) is 17.1 Å². The van der Waals surface area contributed by atoms with Crippen LogP contribution in [0.4, 0.5) is 0 Å². The van der Waals surface area contributed by atoms with E-state index in [0.29, 0.717) is 11.7 Å². The predicted molar refractivity (Wildman–Crippen MR) is 108 cm³/mol. The van der Waals surface area contributed by atoms with Crippen molar-refractivity contribution >= 4 is 5.97 Å². The van der Waals surface area contributed by atoms with Crippen LogP contribution < -0.4 is 15.2 Å². The highest BCUT2D eigenvalue weighted by atomic mass is 16.5. The van der Waals surface area contributed by atoms with E-state index in [1.807, 2.05) is 6.07 Å². The van der Waals surface area contributed by atoms with Crippen LogP contribution in [0, 0.1) is 5.92 Å². The molecule has 1 aromatic carbocycles. The fraction of sp³-hybridized carbons (Fsp3) is 0.609. The number of hydrogen-bond acceptors (Lipinski definition) is 4. The Balaban J connectivity index is 2.07. The van der Waals surface area contributed by atoms with Crippen molar-refractivity contribution in [3.05, 3.63) is 34.9 Å². The molecule has 148 valence electrons. The molecule has 0 radical (unpaired) electrons. The minimum absolute atomic E-state index is 0.121. The average molecular weight is 372 g/mol. The van der Waals surface area contributed by atoms with Crippen molar-refractivity contribution in [1.82, 2.24) is 0 Å². The monoisotopic (exact) mass is 371 g/mol. The fourth-order valence-electron chi connectivity index (χ4n) is 4.53. The molecule has 4 heteroatoms. The summed E-state index contributed by atoms with van der Waals surface area (Å²) < 4.78 is 12.2. The molecule has 0 fully saturated rings. The zero-order chi connectivity index (χ0) is 19.6. The Hall–Kier alpha value is -1.81. The second-order valence-corrected chi connectivity index (χ2v) is 8.53. The summed E-state index contributed by atoms with van der Waals surface area (Å²) in [6, 6.07) is 4.18. The summed E-state index contributed by atoms with van der Waals surface area (Å²) in [6.07, 6.45) is 8.96. The lowest BCUT2D eigenvalue weighted by Gasteiger charge is -2.46. The second-order valence-electron chi connectivity index (χ2n) is 8.53. The molecular formula is C23H33NO3. The number of carbonyl (C=O) groups is 1. The molecule has 1 aliphatic heterocycles. The van der Waals surface area contributed by atoms with Crippen LogP contribution in [0.25, 0.3) is 0 Å². The number of aryl methyl sites for hydroxylation is 1. The summed E-state index contributed by atoms with van der Waals surface area (Å²) in [5, 5.41) is 0. The van der Waals surface area contributed by atoms with Gasteiger partial charge in [0, 0.05) is 17.4 Å². The van der Waals surface area contributed by atoms with Gasteiger partial charge < -0.3 is 15.2 Å². The maximum absolute atomic E-state index is 12.0. The fourth-order valence-corrected chi connectivity index (χ4v) is 4.53. The summed E-state index contributed by atoms with van der Waals surface area (Å²) in [5.41, 5.74) is 8.83. The molecule has 27 heavy (non-hydrogen) atoms.